The van der Waals surface area contributed by atoms with E-state index in [1.54, 1.807) is 17.0 Å². The predicted molar refractivity (Wildman–Crippen MR) is 55.9 cm³/mol. The molecule has 2 rings (SSSR count). The molecule has 0 aliphatic heterocycles. The van der Waals surface area contributed by atoms with Crippen molar-refractivity contribution in [1.29, 1.82) is 0 Å². The highest BCUT2D eigenvalue weighted by Crippen LogP contribution is 2.13. The highest BCUT2D eigenvalue weighted by atomic mass is 16.1. The molecule has 0 aliphatic carbocycles. The zero-order chi connectivity index (χ0) is 10.1. The van der Waals surface area contributed by atoms with Crippen LogP contribution in [0.4, 0.5) is 0 Å². The third-order valence-corrected chi connectivity index (χ3v) is 2.26. The van der Waals surface area contributed by atoms with Crippen LogP contribution in [0.15, 0.2) is 35.4 Å². The average Bonchev–Trinajstić information content (AvgIpc) is 2.52. The molecule has 0 spiro atoms. The Kier molecular flexibility index (Phi) is 2.00. The maximum absolute atomic E-state index is 11.4. The summed E-state index contributed by atoms with van der Waals surface area (Å²) in [5, 5.41) is 0. The molecule has 1 aromatic heterocycles. The number of aromatic amines is 1. The second kappa shape index (κ2) is 3.18. The van der Waals surface area contributed by atoms with Crippen molar-refractivity contribution in [2.45, 2.75) is 13.8 Å². The van der Waals surface area contributed by atoms with E-state index in [4.69, 9.17) is 0 Å². The molecule has 0 saturated carbocycles. The van der Waals surface area contributed by atoms with Gasteiger partial charge in [0.15, 0.2) is 0 Å². The molecular formula is C11H12N2O. The van der Waals surface area contributed by atoms with E-state index in [9.17, 15) is 4.79 Å². The van der Waals surface area contributed by atoms with Gasteiger partial charge in [0.05, 0.1) is 5.69 Å². The minimum Gasteiger partial charge on any atom is -0.312 e. The molecule has 0 saturated heterocycles. The molecule has 1 aromatic carbocycles. The Morgan fingerprint density at radius 3 is 2.64 bits per heavy atom. The van der Waals surface area contributed by atoms with Crippen LogP contribution in [-0.4, -0.2) is 9.55 Å². The first-order chi connectivity index (χ1) is 6.68. The molecule has 0 amide bonds. The highest BCUT2D eigenvalue weighted by Gasteiger charge is 2.02. The van der Waals surface area contributed by atoms with E-state index in [1.165, 1.54) is 5.56 Å². The van der Waals surface area contributed by atoms with E-state index >= 15 is 0 Å². The SMILES string of the molecule is Cc1ccc(-n2cc[nH]c2=O)c(C)c1. The van der Waals surface area contributed by atoms with Crippen molar-refractivity contribution in [3.63, 3.8) is 0 Å². The maximum Gasteiger partial charge on any atom is 0.330 e. The van der Waals surface area contributed by atoms with Gasteiger partial charge < -0.3 is 4.98 Å². The van der Waals surface area contributed by atoms with Gasteiger partial charge in [-0.15, -0.1) is 0 Å². The molecule has 14 heavy (non-hydrogen) atoms. The van der Waals surface area contributed by atoms with E-state index in [2.05, 4.69) is 11.1 Å². The quantitative estimate of drug-likeness (QED) is 0.727. The average molecular weight is 188 g/mol. The normalized spacial score (nSPS) is 10.4. The summed E-state index contributed by atoms with van der Waals surface area (Å²) in [7, 11) is 0. The lowest BCUT2D eigenvalue weighted by molar-refractivity contribution is 0.974. The van der Waals surface area contributed by atoms with Crippen molar-refractivity contribution in [2.75, 3.05) is 0 Å². The molecule has 3 heteroatoms. The Morgan fingerprint density at radius 1 is 1.29 bits per heavy atom. The molecular weight excluding hydrogens is 176 g/mol. The van der Waals surface area contributed by atoms with E-state index in [0.717, 1.165) is 11.3 Å². The van der Waals surface area contributed by atoms with Crippen molar-refractivity contribution < 1.29 is 0 Å². The molecule has 0 fully saturated rings. The minimum atomic E-state index is -0.100. The Labute approximate surface area is 82.0 Å². The standard InChI is InChI=1S/C11H12N2O/c1-8-3-4-10(9(2)7-8)13-6-5-12-11(13)14/h3-7H,1-2H3,(H,12,14). The fourth-order valence-corrected chi connectivity index (χ4v) is 1.59. The van der Waals surface area contributed by atoms with E-state index in [1.807, 2.05) is 26.0 Å². The lowest BCUT2D eigenvalue weighted by atomic mass is 10.1. The maximum atomic E-state index is 11.4. The molecule has 0 unspecified atom stereocenters. The molecule has 72 valence electrons. The third kappa shape index (κ3) is 1.37. The van der Waals surface area contributed by atoms with Crippen LogP contribution in [0.3, 0.4) is 0 Å². The van der Waals surface area contributed by atoms with Crippen LogP contribution in [-0.2, 0) is 0 Å². The summed E-state index contributed by atoms with van der Waals surface area (Å²) in [6.07, 6.45) is 3.38. The number of aromatic nitrogens is 2. The first-order valence-electron chi connectivity index (χ1n) is 4.52. The van der Waals surface area contributed by atoms with E-state index in [0.29, 0.717) is 0 Å². The van der Waals surface area contributed by atoms with Crippen molar-refractivity contribution >= 4 is 0 Å². The molecule has 0 radical (unpaired) electrons. The van der Waals surface area contributed by atoms with Crippen LogP contribution in [0.1, 0.15) is 11.1 Å². The second-order valence-electron chi connectivity index (χ2n) is 3.43. The molecule has 0 aliphatic rings. The number of benzene rings is 1. The molecule has 0 bridgehead atoms. The van der Waals surface area contributed by atoms with Gasteiger partial charge in [-0.1, -0.05) is 17.7 Å². The second-order valence-corrected chi connectivity index (χ2v) is 3.43. The zero-order valence-corrected chi connectivity index (χ0v) is 8.24. The van der Waals surface area contributed by atoms with Gasteiger partial charge in [0.25, 0.3) is 0 Å². The first kappa shape index (κ1) is 8.81. The topological polar surface area (TPSA) is 37.8 Å². The number of H-pyrrole nitrogens is 1. The summed E-state index contributed by atoms with van der Waals surface area (Å²) in [6, 6.07) is 6.02. The summed E-state index contributed by atoms with van der Waals surface area (Å²) in [5.41, 5.74) is 3.14. The number of nitrogens with one attached hydrogen (secondary N) is 1. The third-order valence-electron chi connectivity index (χ3n) is 2.26. The van der Waals surface area contributed by atoms with Crippen LogP contribution >= 0.6 is 0 Å². The molecule has 3 nitrogen and oxygen atoms in total. The van der Waals surface area contributed by atoms with Crippen LogP contribution in [0.25, 0.3) is 5.69 Å². The van der Waals surface area contributed by atoms with E-state index in [-0.39, 0.29) is 5.69 Å². The van der Waals surface area contributed by atoms with Gasteiger partial charge in [0.1, 0.15) is 0 Å². The van der Waals surface area contributed by atoms with E-state index < -0.39 is 0 Å². The number of hydrogen-bond donors (Lipinski definition) is 1. The van der Waals surface area contributed by atoms with Gasteiger partial charge in [0, 0.05) is 12.4 Å². The van der Waals surface area contributed by atoms with Crippen LogP contribution < -0.4 is 5.69 Å². The monoisotopic (exact) mass is 188 g/mol. The summed E-state index contributed by atoms with van der Waals surface area (Å²) in [6.45, 7) is 4.04. The largest absolute Gasteiger partial charge is 0.330 e. The van der Waals surface area contributed by atoms with Crippen molar-refractivity contribution in [2.24, 2.45) is 0 Å². The van der Waals surface area contributed by atoms with Crippen molar-refractivity contribution in [1.82, 2.24) is 9.55 Å². The molecule has 0 atom stereocenters. The van der Waals surface area contributed by atoms with Gasteiger partial charge in [-0.3, -0.25) is 4.57 Å². The number of imidazole rings is 1. The fraction of sp³-hybridized carbons (Fsp3) is 0.182. The van der Waals surface area contributed by atoms with Gasteiger partial charge in [-0.05, 0) is 25.5 Å². The Bertz CT molecular complexity index is 508. The van der Waals surface area contributed by atoms with Gasteiger partial charge in [-0.25, -0.2) is 4.79 Å². The number of aryl methyl sites for hydroxylation is 2. The first-order valence-corrected chi connectivity index (χ1v) is 4.52. The van der Waals surface area contributed by atoms with Crippen LogP contribution in [0.2, 0.25) is 0 Å². The lowest BCUT2D eigenvalue weighted by Gasteiger charge is -2.05. The zero-order valence-electron chi connectivity index (χ0n) is 8.24. The Morgan fingerprint density at radius 2 is 2.07 bits per heavy atom. The lowest BCUT2D eigenvalue weighted by Crippen LogP contribution is -2.14. The molecule has 1 heterocycles. The summed E-state index contributed by atoms with van der Waals surface area (Å²) < 4.78 is 1.61. The Balaban J connectivity index is 2.63. The fourth-order valence-electron chi connectivity index (χ4n) is 1.59. The Hall–Kier alpha value is -1.77. The van der Waals surface area contributed by atoms with Crippen molar-refractivity contribution in [3.05, 3.63) is 52.2 Å². The van der Waals surface area contributed by atoms with Gasteiger partial charge >= 0.3 is 5.69 Å². The number of hydrogen-bond acceptors (Lipinski definition) is 1. The minimum absolute atomic E-state index is 0.100. The highest BCUT2D eigenvalue weighted by molar-refractivity contribution is 5.42. The number of nitrogens with zero attached hydrogens (tertiary/aromatic N) is 1. The van der Waals surface area contributed by atoms with Crippen LogP contribution in [0, 0.1) is 13.8 Å². The summed E-state index contributed by atoms with van der Waals surface area (Å²) in [4.78, 5) is 14.0. The molecule has 1 N–H and O–H groups in total. The van der Waals surface area contributed by atoms with Crippen LogP contribution in [0.5, 0.6) is 0 Å². The molecule has 2 aromatic rings. The van der Waals surface area contributed by atoms with Gasteiger partial charge in [-0.2, -0.15) is 0 Å². The van der Waals surface area contributed by atoms with Gasteiger partial charge in [0.2, 0.25) is 0 Å². The summed E-state index contributed by atoms with van der Waals surface area (Å²) >= 11 is 0. The van der Waals surface area contributed by atoms with Crippen molar-refractivity contribution in [3.8, 4) is 5.69 Å². The smallest absolute Gasteiger partial charge is 0.312 e. The predicted octanol–water partition coefficient (Wildman–Crippen LogP) is 1.78. The summed E-state index contributed by atoms with van der Waals surface area (Å²) in [5.74, 6) is 0. The number of rotatable bonds is 1.